The number of thiocarbonyl (C=S) groups is 1. The summed E-state index contributed by atoms with van der Waals surface area (Å²) in [5, 5.41) is 3.82. The van der Waals surface area contributed by atoms with Crippen molar-refractivity contribution in [1.29, 1.82) is 0 Å². The molecule has 1 aliphatic heterocycles. The van der Waals surface area contributed by atoms with Crippen molar-refractivity contribution in [2.45, 2.75) is 19.6 Å². The minimum Gasteiger partial charge on any atom is -0.493 e. The molecule has 0 aliphatic carbocycles. The summed E-state index contributed by atoms with van der Waals surface area (Å²) in [6.07, 6.45) is 1.41. The summed E-state index contributed by atoms with van der Waals surface area (Å²) < 4.78 is 27.9. The number of carbonyl (C=O) groups excluding carboxylic acids is 1. The zero-order chi connectivity index (χ0) is 21.5. The van der Waals surface area contributed by atoms with E-state index in [2.05, 4.69) is 5.32 Å². The Balaban J connectivity index is 1.63. The summed E-state index contributed by atoms with van der Waals surface area (Å²) in [4.78, 5) is 14.1. The lowest BCUT2D eigenvalue weighted by molar-refractivity contribution is -0.0293. The number of rotatable bonds is 8. The highest BCUT2D eigenvalue weighted by Crippen LogP contribution is 2.40. The van der Waals surface area contributed by atoms with Gasteiger partial charge in [0.25, 0.3) is 0 Å². The van der Waals surface area contributed by atoms with Crippen LogP contribution in [0.25, 0.3) is 0 Å². The first kappa shape index (κ1) is 21.9. The number of furan rings is 1. The Morgan fingerprint density at radius 2 is 2.10 bits per heavy atom. The Hall–Kier alpha value is -2.78. The molecule has 1 atom stereocenters. The average molecular weight is 435 g/mol. The van der Waals surface area contributed by atoms with Crippen molar-refractivity contribution in [2.24, 2.45) is 0 Å². The van der Waals surface area contributed by atoms with E-state index < -0.39 is 0 Å². The molecule has 1 unspecified atom stereocenters. The lowest BCUT2D eigenvalue weighted by atomic mass is 10.1. The molecular weight excluding hydrogens is 408 g/mol. The van der Waals surface area contributed by atoms with Crippen LogP contribution in [0.5, 0.6) is 17.2 Å². The standard InChI is InChI=1S/C21H26N2O6S/c1-14(24)17-6-7-18(25-2)20(26-3)19(17)29-13-16-12-23(8-10-28-16)21(30)22-11-15-5-4-9-27-15/h4-7,9,16H,8,10-13H2,1-3H3,(H,22,30). The van der Waals surface area contributed by atoms with E-state index in [1.165, 1.54) is 21.1 Å². The van der Waals surface area contributed by atoms with Crippen LogP contribution in [0.1, 0.15) is 23.0 Å². The van der Waals surface area contributed by atoms with Gasteiger partial charge in [-0.2, -0.15) is 0 Å². The molecule has 1 saturated heterocycles. The largest absolute Gasteiger partial charge is 0.493 e. The molecule has 2 heterocycles. The van der Waals surface area contributed by atoms with Crippen LogP contribution in [-0.2, 0) is 11.3 Å². The molecule has 9 heteroatoms. The second-order valence-electron chi connectivity index (χ2n) is 6.72. The first-order valence-corrected chi connectivity index (χ1v) is 9.99. The van der Waals surface area contributed by atoms with Crippen LogP contribution in [0.15, 0.2) is 34.9 Å². The second kappa shape index (κ2) is 10.3. The number of Topliss-reactive ketones (excluding diaryl/α,β-unsaturated/α-hetero) is 1. The summed E-state index contributed by atoms with van der Waals surface area (Å²) in [7, 11) is 3.05. The van der Waals surface area contributed by atoms with Gasteiger partial charge in [0.05, 0.1) is 39.2 Å². The minimum atomic E-state index is -0.224. The molecule has 1 aliphatic rings. The molecule has 1 aromatic carbocycles. The molecule has 162 valence electrons. The van der Waals surface area contributed by atoms with Gasteiger partial charge in [0.15, 0.2) is 22.4 Å². The molecule has 0 amide bonds. The molecule has 2 aromatic rings. The molecule has 1 aromatic heterocycles. The fraction of sp³-hybridized carbons (Fsp3) is 0.429. The fourth-order valence-electron chi connectivity index (χ4n) is 3.19. The van der Waals surface area contributed by atoms with E-state index >= 15 is 0 Å². The van der Waals surface area contributed by atoms with E-state index in [1.54, 1.807) is 18.4 Å². The fourth-order valence-corrected chi connectivity index (χ4v) is 3.43. The predicted molar refractivity (Wildman–Crippen MR) is 115 cm³/mol. The Kier molecular flexibility index (Phi) is 7.53. The summed E-state index contributed by atoms with van der Waals surface area (Å²) in [5.41, 5.74) is 0.427. The average Bonchev–Trinajstić information content (AvgIpc) is 3.28. The number of benzene rings is 1. The number of ether oxygens (including phenoxy) is 4. The van der Waals surface area contributed by atoms with Crippen molar-refractivity contribution in [3.63, 3.8) is 0 Å². The summed E-state index contributed by atoms with van der Waals surface area (Å²) in [6.45, 7) is 4.00. The van der Waals surface area contributed by atoms with Gasteiger partial charge < -0.3 is 33.6 Å². The maximum atomic E-state index is 12.0. The molecule has 1 N–H and O–H groups in total. The molecular formula is C21H26N2O6S. The number of methoxy groups -OCH3 is 2. The van der Waals surface area contributed by atoms with Crippen LogP contribution in [0.2, 0.25) is 0 Å². The van der Waals surface area contributed by atoms with Crippen molar-refractivity contribution in [3.05, 3.63) is 41.9 Å². The van der Waals surface area contributed by atoms with Crippen molar-refractivity contribution >= 4 is 23.1 Å². The normalized spacial score (nSPS) is 16.1. The molecule has 1 fully saturated rings. The van der Waals surface area contributed by atoms with Crippen LogP contribution < -0.4 is 19.5 Å². The predicted octanol–water partition coefficient (Wildman–Crippen LogP) is 2.65. The SMILES string of the molecule is COc1ccc(C(C)=O)c(OCC2CN(C(=S)NCc3ccco3)CCO2)c1OC. The Morgan fingerprint density at radius 3 is 2.77 bits per heavy atom. The third-order valence-electron chi connectivity index (χ3n) is 4.71. The van der Waals surface area contributed by atoms with Gasteiger partial charge in [-0.05, 0) is 43.4 Å². The van der Waals surface area contributed by atoms with Crippen LogP contribution in [0, 0.1) is 0 Å². The highest BCUT2D eigenvalue weighted by molar-refractivity contribution is 7.80. The Labute approximate surface area is 181 Å². The first-order valence-electron chi connectivity index (χ1n) is 9.59. The number of nitrogens with zero attached hydrogens (tertiary/aromatic N) is 1. The first-order chi connectivity index (χ1) is 14.5. The lowest BCUT2D eigenvalue weighted by Gasteiger charge is -2.34. The quantitative estimate of drug-likeness (QED) is 0.498. The molecule has 8 nitrogen and oxygen atoms in total. The maximum absolute atomic E-state index is 12.0. The number of hydrogen-bond donors (Lipinski definition) is 1. The highest BCUT2D eigenvalue weighted by atomic mass is 32.1. The summed E-state index contributed by atoms with van der Waals surface area (Å²) in [5.74, 6) is 1.91. The third-order valence-corrected chi connectivity index (χ3v) is 5.12. The van der Waals surface area contributed by atoms with Gasteiger partial charge >= 0.3 is 0 Å². The van der Waals surface area contributed by atoms with Gasteiger partial charge in [-0.25, -0.2) is 0 Å². The lowest BCUT2D eigenvalue weighted by Crippen LogP contribution is -2.50. The second-order valence-corrected chi connectivity index (χ2v) is 7.11. The molecule has 3 rings (SSSR count). The Morgan fingerprint density at radius 1 is 1.27 bits per heavy atom. The smallest absolute Gasteiger partial charge is 0.204 e. The van der Waals surface area contributed by atoms with Crippen LogP contribution >= 0.6 is 12.2 Å². The van der Waals surface area contributed by atoms with Gasteiger partial charge in [-0.15, -0.1) is 0 Å². The highest BCUT2D eigenvalue weighted by Gasteiger charge is 2.25. The number of carbonyl (C=O) groups is 1. The topological polar surface area (TPSA) is 82.4 Å². The van der Waals surface area contributed by atoms with Gasteiger partial charge in [0, 0.05) is 13.1 Å². The van der Waals surface area contributed by atoms with Crippen LogP contribution in [0.3, 0.4) is 0 Å². The van der Waals surface area contributed by atoms with E-state index in [4.69, 9.17) is 35.6 Å². The van der Waals surface area contributed by atoms with E-state index in [1.807, 2.05) is 17.0 Å². The number of nitrogens with one attached hydrogen (secondary N) is 1. The van der Waals surface area contributed by atoms with E-state index in [0.29, 0.717) is 54.2 Å². The van der Waals surface area contributed by atoms with Crippen LogP contribution in [0.4, 0.5) is 0 Å². The third kappa shape index (κ3) is 5.22. The van der Waals surface area contributed by atoms with Crippen molar-refractivity contribution < 1.29 is 28.2 Å². The summed E-state index contributed by atoms with van der Waals surface area (Å²) in [6, 6.07) is 7.08. The van der Waals surface area contributed by atoms with Gasteiger partial charge in [0.1, 0.15) is 18.5 Å². The van der Waals surface area contributed by atoms with E-state index in [-0.39, 0.29) is 18.5 Å². The van der Waals surface area contributed by atoms with Crippen molar-refractivity contribution in [3.8, 4) is 17.2 Å². The molecule has 0 radical (unpaired) electrons. The monoisotopic (exact) mass is 434 g/mol. The minimum absolute atomic E-state index is 0.125. The van der Waals surface area contributed by atoms with Gasteiger partial charge in [-0.1, -0.05) is 0 Å². The van der Waals surface area contributed by atoms with Crippen LogP contribution in [-0.4, -0.2) is 62.4 Å². The zero-order valence-corrected chi connectivity index (χ0v) is 18.1. The molecule has 0 spiro atoms. The molecule has 0 saturated carbocycles. The molecule has 30 heavy (non-hydrogen) atoms. The number of morpholine rings is 1. The zero-order valence-electron chi connectivity index (χ0n) is 17.3. The Bertz CT molecular complexity index is 871. The van der Waals surface area contributed by atoms with Gasteiger partial charge in [0.2, 0.25) is 5.75 Å². The summed E-state index contributed by atoms with van der Waals surface area (Å²) >= 11 is 5.50. The van der Waals surface area contributed by atoms with Crippen molar-refractivity contribution in [1.82, 2.24) is 10.2 Å². The van der Waals surface area contributed by atoms with Crippen molar-refractivity contribution in [2.75, 3.05) is 40.5 Å². The van der Waals surface area contributed by atoms with E-state index in [0.717, 1.165) is 5.76 Å². The maximum Gasteiger partial charge on any atom is 0.204 e. The van der Waals surface area contributed by atoms with E-state index in [9.17, 15) is 4.79 Å². The molecule has 0 bridgehead atoms. The number of ketones is 1. The number of hydrogen-bond acceptors (Lipinski definition) is 7. The van der Waals surface area contributed by atoms with Gasteiger partial charge in [-0.3, -0.25) is 4.79 Å².